The highest BCUT2D eigenvalue weighted by atomic mass is 19.1. The van der Waals surface area contributed by atoms with Gasteiger partial charge in [-0.3, -0.25) is 4.79 Å². The highest BCUT2D eigenvalue weighted by Crippen LogP contribution is 2.49. The number of aromatic nitrogens is 2. The normalized spacial score (nSPS) is 17.9. The molecule has 1 aliphatic carbocycles. The molecule has 0 radical (unpaired) electrons. The number of benzene rings is 1. The van der Waals surface area contributed by atoms with Crippen molar-refractivity contribution in [1.82, 2.24) is 9.97 Å². The Bertz CT molecular complexity index is 1010. The SMILES string of the molecule is COC(=O)C1(c2nc(N3CCC(Oc4ccc(F)cc4F)CC3)cnc2C#N)CC1. The quantitative estimate of drug-likeness (QED) is 0.695. The van der Waals surface area contributed by atoms with E-state index < -0.39 is 23.0 Å². The molecule has 1 aromatic heterocycles. The molecule has 7 nitrogen and oxygen atoms in total. The van der Waals surface area contributed by atoms with E-state index in [2.05, 4.69) is 9.97 Å². The Morgan fingerprint density at radius 1 is 1.30 bits per heavy atom. The Hall–Kier alpha value is -3.28. The summed E-state index contributed by atoms with van der Waals surface area (Å²) in [6.45, 7) is 1.16. The molecule has 4 rings (SSSR count). The van der Waals surface area contributed by atoms with Crippen LogP contribution < -0.4 is 9.64 Å². The third-order valence-corrected chi connectivity index (χ3v) is 5.60. The Labute approximate surface area is 172 Å². The van der Waals surface area contributed by atoms with Crippen molar-refractivity contribution < 1.29 is 23.0 Å². The van der Waals surface area contributed by atoms with Crippen LogP contribution in [-0.4, -0.2) is 42.2 Å². The van der Waals surface area contributed by atoms with E-state index >= 15 is 0 Å². The zero-order valence-corrected chi connectivity index (χ0v) is 16.4. The molecule has 0 N–H and O–H groups in total. The van der Waals surface area contributed by atoms with E-state index in [0.717, 1.165) is 12.1 Å². The second-order valence-electron chi connectivity index (χ2n) is 7.49. The van der Waals surface area contributed by atoms with Crippen LogP contribution in [0.15, 0.2) is 24.4 Å². The summed E-state index contributed by atoms with van der Waals surface area (Å²) in [5, 5.41) is 9.39. The summed E-state index contributed by atoms with van der Waals surface area (Å²) in [4.78, 5) is 23.0. The van der Waals surface area contributed by atoms with E-state index in [0.29, 0.717) is 50.3 Å². The Morgan fingerprint density at radius 2 is 2.03 bits per heavy atom. The molecule has 0 amide bonds. The second-order valence-corrected chi connectivity index (χ2v) is 7.49. The van der Waals surface area contributed by atoms with E-state index in [1.54, 1.807) is 0 Å². The molecule has 0 atom stereocenters. The van der Waals surface area contributed by atoms with Crippen molar-refractivity contribution in [2.45, 2.75) is 37.2 Å². The summed E-state index contributed by atoms with van der Waals surface area (Å²) in [6.07, 6.45) is 3.68. The standard InChI is InChI=1S/C21H20F2N4O3/c1-29-20(28)21(6-7-21)19-16(11-24)25-12-18(26-19)27-8-4-14(5-9-27)30-17-3-2-13(22)10-15(17)23/h2-3,10,12,14H,4-9H2,1H3. The Kier molecular flexibility index (Phi) is 5.24. The molecule has 9 heteroatoms. The number of ether oxygens (including phenoxy) is 2. The van der Waals surface area contributed by atoms with Crippen LogP contribution in [-0.2, 0) is 14.9 Å². The number of nitriles is 1. The molecule has 1 aromatic carbocycles. The third kappa shape index (κ3) is 3.65. The molecule has 1 saturated heterocycles. The molecule has 0 bridgehead atoms. The maximum absolute atomic E-state index is 13.8. The molecule has 156 valence electrons. The molecule has 2 aliphatic rings. The summed E-state index contributed by atoms with van der Waals surface area (Å²) in [6, 6.07) is 5.26. The smallest absolute Gasteiger partial charge is 0.318 e. The number of nitrogens with zero attached hydrogens (tertiary/aromatic N) is 4. The number of halogens is 2. The predicted molar refractivity (Wildman–Crippen MR) is 102 cm³/mol. The molecule has 0 unspecified atom stereocenters. The molecule has 2 aromatic rings. The number of rotatable bonds is 5. The fraction of sp³-hybridized carbons (Fsp3) is 0.429. The van der Waals surface area contributed by atoms with Crippen LogP contribution in [0.3, 0.4) is 0 Å². The van der Waals surface area contributed by atoms with Crippen LogP contribution in [0.1, 0.15) is 37.1 Å². The molecule has 30 heavy (non-hydrogen) atoms. The lowest BCUT2D eigenvalue weighted by atomic mass is 10.0. The van der Waals surface area contributed by atoms with Gasteiger partial charge in [0.1, 0.15) is 29.2 Å². The summed E-state index contributed by atoms with van der Waals surface area (Å²) in [7, 11) is 1.32. The van der Waals surface area contributed by atoms with E-state index in [4.69, 9.17) is 9.47 Å². The molecule has 2 fully saturated rings. The number of hydrogen-bond acceptors (Lipinski definition) is 7. The van der Waals surface area contributed by atoms with Crippen molar-refractivity contribution in [3.63, 3.8) is 0 Å². The van der Waals surface area contributed by atoms with E-state index in [9.17, 15) is 18.8 Å². The zero-order valence-electron chi connectivity index (χ0n) is 16.4. The molecule has 1 saturated carbocycles. The lowest BCUT2D eigenvalue weighted by molar-refractivity contribution is -0.143. The average Bonchev–Trinajstić information content (AvgIpc) is 3.57. The van der Waals surface area contributed by atoms with Gasteiger partial charge >= 0.3 is 5.97 Å². The van der Waals surface area contributed by atoms with Crippen LogP contribution in [0.2, 0.25) is 0 Å². The summed E-state index contributed by atoms with van der Waals surface area (Å²) >= 11 is 0. The fourth-order valence-electron chi connectivity index (χ4n) is 3.76. The topological polar surface area (TPSA) is 88.3 Å². The van der Waals surface area contributed by atoms with E-state index in [1.807, 2.05) is 11.0 Å². The van der Waals surface area contributed by atoms with Gasteiger partial charge in [-0.25, -0.2) is 18.7 Å². The molecule has 2 heterocycles. The van der Waals surface area contributed by atoms with Crippen molar-refractivity contribution in [2.75, 3.05) is 25.1 Å². The number of esters is 1. The van der Waals surface area contributed by atoms with Crippen molar-refractivity contribution in [1.29, 1.82) is 5.26 Å². The van der Waals surface area contributed by atoms with Gasteiger partial charge in [-0.15, -0.1) is 0 Å². The van der Waals surface area contributed by atoms with Crippen molar-refractivity contribution >= 4 is 11.8 Å². The highest BCUT2D eigenvalue weighted by molar-refractivity contribution is 5.86. The minimum atomic E-state index is -0.885. The van der Waals surface area contributed by atoms with Gasteiger partial charge in [0.05, 0.1) is 19.0 Å². The second kappa shape index (κ2) is 7.86. The fourth-order valence-corrected chi connectivity index (χ4v) is 3.76. The first kappa shape index (κ1) is 20.0. The lowest BCUT2D eigenvalue weighted by Gasteiger charge is -2.33. The number of carbonyl (C=O) groups is 1. The minimum Gasteiger partial charge on any atom is -0.487 e. The van der Waals surface area contributed by atoms with E-state index in [1.165, 1.54) is 19.4 Å². The van der Waals surface area contributed by atoms with Gasteiger partial charge in [-0.2, -0.15) is 5.26 Å². The van der Waals surface area contributed by atoms with Gasteiger partial charge < -0.3 is 14.4 Å². The molecule has 1 aliphatic heterocycles. The molecule has 0 spiro atoms. The van der Waals surface area contributed by atoms with Crippen LogP contribution >= 0.6 is 0 Å². The van der Waals surface area contributed by atoms with E-state index in [-0.39, 0.29) is 17.5 Å². The van der Waals surface area contributed by atoms with Gasteiger partial charge in [0, 0.05) is 32.0 Å². The maximum atomic E-state index is 13.8. The number of carbonyl (C=O) groups excluding carboxylic acids is 1. The minimum absolute atomic E-state index is 0.0315. The highest BCUT2D eigenvalue weighted by Gasteiger charge is 2.55. The average molecular weight is 414 g/mol. The van der Waals surface area contributed by atoms with Crippen molar-refractivity contribution in [2.24, 2.45) is 0 Å². The van der Waals surface area contributed by atoms with Gasteiger partial charge in [0.15, 0.2) is 17.3 Å². The van der Waals surface area contributed by atoms with Crippen molar-refractivity contribution in [3.8, 4) is 11.8 Å². The molecular formula is C21H20F2N4O3. The first-order valence-electron chi connectivity index (χ1n) is 9.69. The lowest BCUT2D eigenvalue weighted by Crippen LogP contribution is -2.39. The van der Waals surface area contributed by atoms with Crippen LogP contribution in [0.25, 0.3) is 0 Å². The molecular weight excluding hydrogens is 394 g/mol. The monoisotopic (exact) mass is 414 g/mol. The van der Waals surface area contributed by atoms with Gasteiger partial charge in [0.2, 0.25) is 0 Å². The number of anilines is 1. The van der Waals surface area contributed by atoms with Crippen LogP contribution in [0.4, 0.5) is 14.6 Å². The van der Waals surface area contributed by atoms with Gasteiger partial charge in [0.25, 0.3) is 0 Å². The maximum Gasteiger partial charge on any atom is 0.318 e. The summed E-state index contributed by atoms with van der Waals surface area (Å²) in [5.74, 6) is -1.17. The summed E-state index contributed by atoms with van der Waals surface area (Å²) < 4.78 is 37.5. The number of piperidine rings is 1. The first-order chi connectivity index (χ1) is 14.5. The van der Waals surface area contributed by atoms with Gasteiger partial charge in [-0.1, -0.05) is 0 Å². The van der Waals surface area contributed by atoms with Crippen LogP contribution in [0.5, 0.6) is 5.75 Å². The third-order valence-electron chi connectivity index (χ3n) is 5.60. The zero-order chi connectivity index (χ0) is 21.3. The number of methoxy groups -OCH3 is 1. The van der Waals surface area contributed by atoms with Crippen molar-refractivity contribution in [3.05, 3.63) is 47.4 Å². The largest absolute Gasteiger partial charge is 0.487 e. The number of hydrogen-bond donors (Lipinski definition) is 0. The van der Waals surface area contributed by atoms with Gasteiger partial charge in [-0.05, 0) is 25.0 Å². The Morgan fingerprint density at radius 3 is 2.63 bits per heavy atom. The predicted octanol–water partition coefficient (Wildman–Crippen LogP) is 2.88. The Balaban J connectivity index is 1.47. The first-order valence-corrected chi connectivity index (χ1v) is 9.69. The van der Waals surface area contributed by atoms with Crippen LogP contribution in [0, 0.1) is 23.0 Å². The summed E-state index contributed by atoms with van der Waals surface area (Å²) in [5.41, 5.74) is -0.391.